The first-order chi connectivity index (χ1) is 6.59. The molecule has 2 aromatic heterocycles. The normalized spacial score (nSPS) is 11.5. The highest BCUT2D eigenvalue weighted by atomic mass is 79.9. The number of aromatic nitrogens is 2. The summed E-state index contributed by atoms with van der Waals surface area (Å²) in [6.07, 6.45) is 1.89. The van der Waals surface area contributed by atoms with E-state index in [9.17, 15) is 0 Å². The van der Waals surface area contributed by atoms with E-state index in [1.54, 1.807) is 11.3 Å². The van der Waals surface area contributed by atoms with Crippen LogP contribution in [0.3, 0.4) is 0 Å². The van der Waals surface area contributed by atoms with Crippen molar-refractivity contribution in [1.29, 1.82) is 0 Å². The van der Waals surface area contributed by atoms with E-state index in [0.717, 1.165) is 20.5 Å². The first kappa shape index (κ1) is 10.1. The Morgan fingerprint density at radius 2 is 2.14 bits per heavy atom. The van der Waals surface area contributed by atoms with Gasteiger partial charge in [-0.05, 0) is 28.8 Å². The van der Waals surface area contributed by atoms with Crippen LogP contribution in [0.2, 0.25) is 0 Å². The highest BCUT2D eigenvalue weighted by Gasteiger charge is 2.13. The lowest BCUT2D eigenvalue weighted by Crippen LogP contribution is -1.84. The Bertz CT molecular complexity index is 476. The first-order valence-corrected chi connectivity index (χ1v) is 6.12. The van der Waals surface area contributed by atoms with E-state index in [1.807, 2.05) is 13.1 Å². The summed E-state index contributed by atoms with van der Waals surface area (Å²) >= 11 is 5.36. The molecule has 74 valence electrons. The standard InChI is InChI=1S/C10H11BrN2S/c1-5(2)9-8(11)7-4-12-6(3)13-10(7)14-9/h4-5H,1-3H3. The molecule has 0 bridgehead atoms. The zero-order chi connectivity index (χ0) is 10.3. The Morgan fingerprint density at radius 3 is 2.79 bits per heavy atom. The number of halogens is 1. The van der Waals surface area contributed by atoms with Crippen LogP contribution in [0, 0.1) is 6.92 Å². The van der Waals surface area contributed by atoms with Gasteiger partial charge in [-0.1, -0.05) is 13.8 Å². The highest BCUT2D eigenvalue weighted by Crippen LogP contribution is 2.38. The van der Waals surface area contributed by atoms with Crippen molar-refractivity contribution in [2.24, 2.45) is 0 Å². The molecule has 0 radical (unpaired) electrons. The second-order valence-electron chi connectivity index (χ2n) is 3.57. The molecule has 0 saturated carbocycles. The van der Waals surface area contributed by atoms with Gasteiger partial charge in [-0.25, -0.2) is 9.97 Å². The van der Waals surface area contributed by atoms with Crippen molar-refractivity contribution < 1.29 is 0 Å². The molecule has 0 aliphatic rings. The third-order valence-corrected chi connectivity index (χ3v) is 4.57. The first-order valence-electron chi connectivity index (χ1n) is 4.51. The van der Waals surface area contributed by atoms with Crippen LogP contribution in [0.4, 0.5) is 0 Å². The Hall–Kier alpha value is -0.480. The summed E-state index contributed by atoms with van der Waals surface area (Å²) in [5.74, 6) is 1.37. The molecule has 0 N–H and O–H groups in total. The lowest BCUT2D eigenvalue weighted by Gasteiger charge is -1.99. The minimum Gasteiger partial charge on any atom is -0.241 e. The molecule has 0 fully saturated rings. The molecule has 0 aliphatic heterocycles. The van der Waals surface area contributed by atoms with Crippen molar-refractivity contribution in [3.8, 4) is 0 Å². The molecule has 14 heavy (non-hydrogen) atoms. The predicted octanol–water partition coefficient (Wildman–Crippen LogP) is 3.89. The summed E-state index contributed by atoms with van der Waals surface area (Å²) < 4.78 is 1.16. The van der Waals surface area contributed by atoms with Gasteiger partial charge in [0, 0.05) is 20.9 Å². The molecule has 2 aromatic rings. The van der Waals surface area contributed by atoms with Crippen LogP contribution in [0.5, 0.6) is 0 Å². The van der Waals surface area contributed by atoms with Crippen molar-refractivity contribution in [2.45, 2.75) is 26.7 Å². The molecular weight excluding hydrogens is 260 g/mol. The second-order valence-corrected chi connectivity index (χ2v) is 5.39. The summed E-state index contributed by atoms with van der Waals surface area (Å²) in [5.41, 5.74) is 0. The van der Waals surface area contributed by atoms with Gasteiger partial charge in [0.25, 0.3) is 0 Å². The molecule has 0 amide bonds. The largest absolute Gasteiger partial charge is 0.241 e. The minimum atomic E-state index is 0.531. The van der Waals surface area contributed by atoms with Gasteiger partial charge in [0.1, 0.15) is 10.7 Å². The molecule has 0 saturated heterocycles. The van der Waals surface area contributed by atoms with Crippen LogP contribution in [-0.2, 0) is 0 Å². The van der Waals surface area contributed by atoms with E-state index in [1.165, 1.54) is 4.88 Å². The van der Waals surface area contributed by atoms with E-state index in [4.69, 9.17) is 0 Å². The maximum atomic E-state index is 4.42. The zero-order valence-corrected chi connectivity index (χ0v) is 10.7. The maximum Gasteiger partial charge on any atom is 0.128 e. The van der Waals surface area contributed by atoms with Gasteiger partial charge in [-0.3, -0.25) is 0 Å². The van der Waals surface area contributed by atoms with Crippen molar-refractivity contribution in [3.05, 3.63) is 21.4 Å². The number of thiophene rings is 1. The number of fused-ring (bicyclic) bond motifs is 1. The number of hydrogen-bond acceptors (Lipinski definition) is 3. The molecule has 4 heteroatoms. The Kier molecular flexibility index (Phi) is 2.58. The van der Waals surface area contributed by atoms with Crippen LogP contribution < -0.4 is 0 Å². The van der Waals surface area contributed by atoms with Crippen molar-refractivity contribution in [2.75, 3.05) is 0 Å². The van der Waals surface area contributed by atoms with Crippen LogP contribution in [0.1, 0.15) is 30.5 Å². The molecule has 0 spiro atoms. The fourth-order valence-electron chi connectivity index (χ4n) is 1.33. The third kappa shape index (κ3) is 1.57. The molecule has 2 rings (SSSR count). The molecule has 2 heterocycles. The second kappa shape index (κ2) is 3.59. The number of nitrogens with zero attached hydrogens (tertiary/aromatic N) is 2. The van der Waals surface area contributed by atoms with E-state index in [-0.39, 0.29) is 0 Å². The van der Waals surface area contributed by atoms with Crippen molar-refractivity contribution >= 4 is 37.5 Å². The van der Waals surface area contributed by atoms with Crippen LogP contribution in [0.25, 0.3) is 10.2 Å². The summed E-state index contributed by atoms with van der Waals surface area (Å²) in [6.45, 7) is 6.30. The predicted molar refractivity (Wildman–Crippen MR) is 63.9 cm³/mol. The smallest absolute Gasteiger partial charge is 0.128 e. The summed E-state index contributed by atoms with van der Waals surface area (Å²) in [5, 5.41) is 1.13. The highest BCUT2D eigenvalue weighted by molar-refractivity contribution is 9.10. The fraction of sp³-hybridized carbons (Fsp3) is 0.400. The van der Waals surface area contributed by atoms with E-state index in [2.05, 4.69) is 39.7 Å². The molecule has 2 nitrogen and oxygen atoms in total. The molecule has 0 unspecified atom stereocenters. The zero-order valence-electron chi connectivity index (χ0n) is 8.34. The SMILES string of the molecule is Cc1ncc2c(Br)c(C(C)C)sc2n1. The van der Waals surface area contributed by atoms with Gasteiger partial charge >= 0.3 is 0 Å². The molecule has 0 atom stereocenters. The summed E-state index contributed by atoms with van der Waals surface area (Å²) in [4.78, 5) is 11.0. The van der Waals surface area contributed by atoms with Gasteiger partial charge in [0.15, 0.2) is 0 Å². The maximum absolute atomic E-state index is 4.42. The summed E-state index contributed by atoms with van der Waals surface area (Å²) in [6, 6.07) is 0. The summed E-state index contributed by atoms with van der Waals surface area (Å²) in [7, 11) is 0. The van der Waals surface area contributed by atoms with E-state index >= 15 is 0 Å². The minimum absolute atomic E-state index is 0.531. The number of hydrogen-bond donors (Lipinski definition) is 0. The van der Waals surface area contributed by atoms with Gasteiger partial charge < -0.3 is 0 Å². The molecule has 0 aliphatic carbocycles. The van der Waals surface area contributed by atoms with Crippen LogP contribution >= 0.6 is 27.3 Å². The average Bonchev–Trinajstić information content (AvgIpc) is 2.43. The van der Waals surface area contributed by atoms with Gasteiger partial charge in [-0.15, -0.1) is 11.3 Å². The third-order valence-electron chi connectivity index (χ3n) is 2.06. The van der Waals surface area contributed by atoms with Crippen LogP contribution in [0.15, 0.2) is 10.7 Å². The van der Waals surface area contributed by atoms with Gasteiger partial charge in [0.05, 0.1) is 0 Å². The average molecular weight is 271 g/mol. The lowest BCUT2D eigenvalue weighted by atomic mass is 10.2. The Morgan fingerprint density at radius 1 is 1.43 bits per heavy atom. The van der Waals surface area contributed by atoms with E-state index < -0.39 is 0 Å². The monoisotopic (exact) mass is 270 g/mol. The van der Waals surface area contributed by atoms with Gasteiger partial charge in [0.2, 0.25) is 0 Å². The number of aryl methyl sites for hydroxylation is 1. The van der Waals surface area contributed by atoms with E-state index in [0.29, 0.717) is 5.92 Å². The van der Waals surface area contributed by atoms with Crippen molar-refractivity contribution in [3.63, 3.8) is 0 Å². The molecule has 0 aromatic carbocycles. The van der Waals surface area contributed by atoms with Gasteiger partial charge in [-0.2, -0.15) is 0 Å². The van der Waals surface area contributed by atoms with Crippen LogP contribution in [-0.4, -0.2) is 9.97 Å². The van der Waals surface area contributed by atoms with Crippen molar-refractivity contribution in [1.82, 2.24) is 9.97 Å². The molecular formula is C10H11BrN2S. The lowest BCUT2D eigenvalue weighted by molar-refractivity contribution is 0.886. The number of rotatable bonds is 1. The fourth-order valence-corrected chi connectivity index (χ4v) is 3.54. The quantitative estimate of drug-likeness (QED) is 0.786. The topological polar surface area (TPSA) is 25.8 Å². The Labute approximate surface area is 95.5 Å². The Balaban J connectivity index is 2.73.